The number of carbonyl (C=O) groups excluding carboxylic acids is 1. The number of hydrogen-bond acceptors (Lipinski definition) is 1. The fourth-order valence-corrected chi connectivity index (χ4v) is 2.99. The highest BCUT2D eigenvalue weighted by molar-refractivity contribution is 6.33. The summed E-state index contributed by atoms with van der Waals surface area (Å²) in [6, 6.07) is 20.0. The molecule has 0 saturated heterocycles. The number of nitrogens with zero attached hydrogens (tertiary/aromatic N) is 1. The van der Waals surface area contributed by atoms with E-state index in [0.29, 0.717) is 0 Å². The molecule has 0 saturated carbocycles. The molecule has 2 nitrogen and oxygen atoms in total. The van der Waals surface area contributed by atoms with E-state index < -0.39 is 0 Å². The van der Waals surface area contributed by atoms with Gasteiger partial charge in [0.2, 0.25) is 0 Å². The summed E-state index contributed by atoms with van der Waals surface area (Å²) < 4.78 is 1.83. The van der Waals surface area contributed by atoms with E-state index in [1.807, 2.05) is 66.1 Å². The van der Waals surface area contributed by atoms with E-state index in [4.69, 9.17) is 0 Å². The van der Waals surface area contributed by atoms with Gasteiger partial charge in [0, 0.05) is 5.39 Å². The molecule has 3 aromatic rings. The van der Waals surface area contributed by atoms with Gasteiger partial charge in [0.25, 0.3) is 5.91 Å². The Kier molecular flexibility index (Phi) is 2.21. The highest BCUT2D eigenvalue weighted by Crippen LogP contribution is 2.37. The van der Waals surface area contributed by atoms with Crippen molar-refractivity contribution in [1.82, 2.24) is 4.57 Å². The van der Waals surface area contributed by atoms with Crippen LogP contribution >= 0.6 is 0 Å². The van der Waals surface area contributed by atoms with Gasteiger partial charge in [-0.05, 0) is 30.2 Å². The molecule has 2 heterocycles. The summed E-state index contributed by atoms with van der Waals surface area (Å²) in [5.41, 5.74) is 4.85. The van der Waals surface area contributed by atoms with Gasteiger partial charge >= 0.3 is 0 Å². The normalized spacial score (nSPS) is 14.2. The molecule has 1 aromatic heterocycles. The summed E-state index contributed by atoms with van der Waals surface area (Å²) in [4.78, 5) is 12.8. The first kappa shape index (κ1) is 11.2. The Morgan fingerprint density at radius 2 is 1.60 bits per heavy atom. The van der Waals surface area contributed by atoms with Gasteiger partial charge in [-0.3, -0.25) is 9.36 Å². The highest BCUT2D eigenvalue weighted by Gasteiger charge is 2.29. The summed E-state index contributed by atoms with van der Waals surface area (Å²) in [5, 5.41) is 1.11. The van der Waals surface area contributed by atoms with Crippen molar-refractivity contribution in [3.05, 3.63) is 71.9 Å². The van der Waals surface area contributed by atoms with E-state index in [1.165, 1.54) is 0 Å². The lowest BCUT2D eigenvalue weighted by Gasteiger charge is -2.04. The number of allylic oxidation sites excluding steroid dienone is 2. The Hall–Kier alpha value is -2.61. The first-order chi connectivity index (χ1) is 9.77. The topological polar surface area (TPSA) is 22.0 Å². The minimum atomic E-state index is 0.0740. The fraction of sp³-hybridized carbons (Fsp3) is 0.0556. The van der Waals surface area contributed by atoms with E-state index in [9.17, 15) is 4.79 Å². The molecule has 2 heteroatoms. The predicted octanol–water partition coefficient (Wildman–Crippen LogP) is 4.23. The zero-order chi connectivity index (χ0) is 13.7. The largest absolute Gasteiger partial charge is 0.276 e. The Morgan fingerprint density at radius 3 is 2.40 bits per heavy atom. The second-order valence-corrected chi connectivity index (χ2v) is 5.09. The minimum absolute atomic E-state index is 0.0740. The molecule has 0 radical (unpaired) electrons. The summed E-state index contributed by atoms with van der Waals surface area (Å²) in [6.07, 6.45) is 0. The molecule has 0 atom stereocenters. The standard InChI is InChI=1S/C18H13NO/c1-12-16-11-14-9-5-6-10-15(14)19(16)18(20)17(12)13-7-3-2-4-8-13/h2-11H,1H3. The molecule has 20 heavy (non-hydrogen) atoms. The van der Waals surface area contributed by atoms with Crippen LogP contribution in [0.5, 0.6) is 0 Å². The van der Waals surface area contributed by atoms with Crippen LogP contribution in [0.15, 0.2) is 60.7 Å². The lowest BCUT2D eigenvalue weighted by molar-refractivity contribution is 0.0989. The van der Waals surface area contributed by atoms with Gasteiger partial charge < -0.3 is 0 Å². The van der Waals surface area contributed by atoms with Crippen LogP contribution < -0.4 is 0 Å². The Morgan fingerprint density at radius 1 is 0.900 bits per heavy atom. The average molecular weight is 259 g/mol. The van der Waals surface area contributed by atoms with Gasteiger partial charge in [-0.1, -0.05) is 48.5 Å². The van der Waals surface area contributed by atoms with Crippen LogP contribution in [0, 0.1) is 0 Å². The number of rotatable bonds is 1. The number of fused-ring (bicyclic) bond motifs is 3. The van der Waals surface area contributed by atoms with Crippen LogP contribution in [0.4, 0.5) is 0 Å². The second kappa shape index (κ2) is 3.94. The van der Waals surface area contributed by atoms with E-state index in [1.54, 1.807) is 0 Å². The molecule has 4 rings (SSSR count). The smallest absolute Gasteiger partial charge is 0.263 e. The SMILES string of the molecule is CC1=C(c2ccccc2)C(=O)n2c1cc1ccccc12. The molecule has 0 amide bonds. The van der Waals surface area contributed by atoms with Gasteiger partial charge in [-0.15, -0.1) is 0 Å². The van der Waals surface area contributed by atoms with Gasteiger partial charge in [0.05, 0.1) is 16.8 Å². The van der Waals surface area contributed by atoms with Crippen molar-refractivity contribution in [2.75, 3.05) is 0 Å². The predicted molar refractivity (Wildman–Crippen MR) is 81.5 cm³/mol. The maximum Gasteiger partial charge on any atom is 0.263 e. The molecule has 0 spiro atoms. The molecule has 0 N–H and O–H groups in total. The molecule has 0 unspecified atom stereocenters. The zero-order valence-corrected chi connectivity index (χ0v) is 11.1. The summed E-state index contributed by atoms with van der Waals surface area (Å²) >= 11 is 0. The second-order valence-electron chi connectivity index (χ2n) is 5.09. The van der Waals surface area contributed by atoms with E-state index in [-0.39, 0.29) is 5.91 Å². The summed E-state index contributed by atoms with van der Waals surface area (Å²) in [6.45, 7) is 2.03. The molecule has 0 bridgehead atoms. The molecule has 2 aromatic carbocycles. The molecule has 0 fully saturated rings. The van der Waals surface area contributed by atoms with Crippen molar-refractivity contribution in [1.29, 1.82) is 0 Å². The average Bonchev–Trinajstić information content (AvgIpc) is 2.97. The third-order valence-electron chi connectivity index (χ3n) is 3.95. The molecular weight excluding hydrogens is 246 g/mol. The summed E-state index contributed by atoms with van der Waals surface area (Å²) in [5.74, 6) is 0.0740. The van der Waals surface area contributed by atoms with Gasteiger partial charge in [0.15, 0.2) is 0 Å². The third-order valence-corrected chi connectivity index (χ3v) is 3.95. The lowest BCUT2D eigenvalue weighted by Crippen LogP contribution is -2.07. The van der Waals surface area contributed by atoms with Crippen LogP contribution in [0.1, 0.15) is 23.0 Å². The van der Waals surface area contributed by atoms with Crippen molar-refractivity contribution < 1.29 is 4.79 Å². The van der Waals surface area contributed by atoms with Crippen LogP contribution in [-0.4, -0.2) is 10.5 Å². The van der Waals surface area contributed by atoms with E-state index in [2.05, 4.69) is 6.07 Å². The minimum Gasteiger partial charge on any atom is -0.276 e. The van der Waals surface area contributed by atoms with Crippen molar-refractivity contribution in [3.63, 3.8) is 0 Å². The van der Waals surface area contributed by atoms with Crippen LogP contribution in [0.25, 0.3) is 22.0 Å². The van der Waals surface area contributed by atoms with Gasteiger partial charge in [-0.2, -0.15) is 0 Å². The number of para-hydroxylation sites is 1. The monoisotopic (exact) mass is 259 g/mol. The van der Waals surface area contributed by atoms with Crippen LogP contribution in [-0.2, 0) is 0 Å². The maximum absolute atomic E-state index is 12.8. The Labute approximate surface area is 117 Å². The third kappa shape index (κ3) is 1.36. The van der Waals surface area contributed by atoms with Crippen LogP contribution in [0.2, 0.25) is 0 Å². The first-order valence-electron chi connectivity index (χ1n) is 6.69. The number of hydrogen-bond donors (Lipinski definition) is 0. The van der Waals surface area contributed by atoms with Gasteiger partial charge in [-0.25, -0.2) is 0 Å². The van der Waals surface area contributed by atoms with E-state index >= 15 is 0 Å². The van der Waals surface area contributed by atoms with Crippen molar-refractivity contribution in [2.45, 2.75) is 6.92 Å². The molecule has 1 aliphatic heterocycles. The van der Waals surface area contributed by atoms with Crippen molar-refractivity contribution in [3.8, 4) is 0 Å². The number of benzene rings is 2. The highest BCUT2D eigenvalue weighted by atomic mass is 16.2. The number of carbonyl (C=O) groups is 1. The lowest BCUT2D eigenvalue weighted by atomic mass is 10.0. The van der Waals surface area contributed by atoms with Crippen molar-refractivity contribution in [2.24, 2.45) is 0 Å². The number of aromatic nitrogens is 1. The van der Waals surface area contributed by atoms with E-state index in [0.717, 1.165) is 33.3 Å². The first-order valence-corrected chi connectivity index (χ1v) is 6.69. The fourth-order valence-electron chi connectivity index (χ4n) is 2.99. The Balaban J connectivity index is 2.00. The molecule has 96 valence electrons. The summed E-state index contributed by atoms with van der Waals surface area (Å²) in [7, 11) is 0. The van der Waals surface area contributed by atoms with Crippen LogP contribution in [0.3, 0.4) is 0 Å². The maximum atomic E-state index is 12.8. The quantitative estimate of drug-likeness (QED) is 0.641. The van der Waals surface area contributed by atoms with Crippen molar-refractivity contribution >= 4 is 28.0 Å². The zero-order valence-electron chi connectivity index (χ0n) is 11.1. The van der Waals surface area contributed by atoms with Gasteiger partial charge in [0.1, 0.15) is 0 Å². The molecule has 1 aliphatic rings. The molecular formula is C18H13NO. The molecule has 0 aliphatic carbocycles. The Bertz CT molecular complexity index is 869.